The van der Waals surface area contributed by atoms with Crippen LogP contribution >= 0.6 is 12.2 Å². The van der Waals surface area contributed by atoms with Crippen LogP contribution in [0.2, 0.25) is 0 Å². The van der Waals surface area contributed by atoms with Gasteiger partial charge in [0.15, 0.2) is 6.04 Å². The van der Waals surface area contributed by atoms with E-state index in [0.717, 1.165) is 16.8 Å². The van der Waals surface area contributed by atoms with E-state index in [2.05, 4.69) is 22.4 Å². The van der Waals surface area contributed by atoms with Gasteiger partial charge < -0.3 is 9.64 Å². The minimum Gasteiger partial charge on any atom is -0.497 e. The largest absolute Gasteiger partial charge is 0.497 e. The van der Waals surface area contributed by atoms with E-state index in [-0.39, 0.29) is 5.91 Å². The number of aliphatic imine (C=N–C) groups is 1. The number of fused-ring (bicyclic) bond motifs is 1. The van der Waals surface area contributed by atoms with E-state index in [1.165, 1.54) is 0 Å². The monoisotopic (exact) mass is 310 g/mol. The maximum atomic E-state index is 12.7. The molecule has 0 saturated heterocycles. The molecule has 2 aromatic rings. The van der Waals surface area contributed by atoms with Gasteiger partial charge in [-0.2, -0.15) is 0 Å². The molecule has 0 spiro atoms. The Balaban J connectivity index is 2.04. The van der Waals surface area contributed by atoms with Gasteiger partial charge in [-0.3, -0.25) is 4.79 Å². The minimum atomic E-state index is -0.609. The Morgan fingerprint density at radius 3 is 2.73 bits per heavy atom. The quantitative estimate of drug-likeness (QED) is 0.642. The average molecular weight is 310 g/mol. The van der Waals surface area contributed by atoms with Crippen LogP contribution in [-0.2, 0) is 11.3 Å². The Morgan fingerprint density at radius 1 is 1.27 bits per heavy atom. The Kier molecular flexibility index (Phi) is 4.00. The third-order valence-corrected chi connectivity index (χ3v) is 3.79. The smallest absolute Gasteiger partial charge is 0.257 e. The van der Waals surface area contributed by atoms with Gasteiger partial charge in [0, 0.05) is 11.6 Å². The molecule has 4 nitrogen and oxygen atoms in total. The molecule has 1 unspecified atom stereocenters. The summed E-state index contributed by atoms with van der Waals surface area (Å²) in [7, 11) is 1.60. The van der Waals surface area contributed by atoms with Crippen molar-refractivity contribution in [2.45, 2.75) is 12.6 Å². The number of hydrogen-bond acceptors (Lipinski definition) is 4. The van der Waals surface area contributed by atoms with Crippen LogP contribution in [0.3, 0.4) is 0 Å². The lowest BCUT2D eigenvalue weighted by Gasteiger charge is -2.18. The predicted molar refractivity (Wildman–Crippen MR) is 88.4 cm³/mol. The molecule has 1 aliphatic rings. The van der Waals surface area contributed by atoms with Crippen LogP contribution in [0.4, 0.5) is 5.69 Å². The number of ether oxygens (including phenoxy) is 1. The van der Waals surface area contributed by atoms with Crippen LogP contribution in [0.1, 0.15) is 17.2 Å². The first kappa shape index (κ1) is 14.4. The van der Waals surface area contributed by atoms with E-state index in [1.807, 2.05) is 48.5 Å². The van der Waals surface area contributed by atoms with Crippen molar-refractivity contribution in [1.29, 1.82) is 0 Å². The van der Waals surface area contributed by atoms with Crippen LogP contribution in [0.5, 0.6) is 5.75 Å². The first-order chi connectivity index (χ1) is 10.7. The second-order valence-corrected chi connectivity index (χ2v) is 5.14. The molecule has 2 aromatic carbocycles. The van der Waals surface area contributed by atoms with Crippen molar-refractivity contribution in [3.63, 3.8) is 0 Å². The minimum absolute atomic E-state index is 0.0931. The highest BCUT2D eigenvalue weighted by atomic mass is 32.1. The number of carbonyl (C=O) groups excluding carboxylic acids is 1. The number of thiocarbonyl (C=S) groups is 1. The van der Waals surface area contributed by atoms with E-state index in [4.69, 9.17) is 4.74 Å². The lowest BCUT2D eigenvalue weighted by Crippen LogP contribution is -2.27. The lowest BCUT2D eigenvalue weighted by molar-refractivity contribution is -0.119. The van der Waals surface area contributed by atoms with E-state index < -0.39 is 6.04 Å². The molecule has 22 heavy (non-hydrogen) atoms. The van der Waals surface area contributed by atoms with Crippen molar-refractivity contribution < 1.29 is 9.53 Å². The van der Waals surface area contributed by atoms with Crippen LogP contribution in [0.25, 0.3) is 0 Å². The van der Waals surface area contributed by atoms with Crippen molar-refractivity contribution in [1.82, 2.24) is 0 Å². The van der Waals surface area contributed by atoms with E-state index >= 15 is 0 Å². The number of carbonyl (C=O) groups is 1. The number of isothiocyanates is 1. The fraction of sp³-hybridized carbons (Fsp3) is 0.176. The first-order valence-corrected chi connectivity index (χ1v) is 7.25. The Labute approximate surface area is 134 Å². The number of anilines is 1. The average Bonchev–Trinajstić information content (AvgIpc) is 2.81. The van der Waals surface area contributed by atoms with Crippen LogP contribution in [-0.4, -0.2) is 18.2 Å². The third kappa shape index (κ3) is 2.52. The Morgan fingerprint density at radius 2 is 2.05 bits per heavy atom. The van der Waals surface area contributed by atoms with Crippen molar-refractivity contribution in [2.75, 3.05) is 12.0 Å². The van der Waals surface area contributed by atoms with Crippen molar-refractivity contribution >= 4 is 29.0 Å². The zero-order valence-electron chi connectivity index (χ0n) is 12.0. The zero-order chi connectivity index (χ0) is 15.5. The summed E-state index contributed by atoms with van der Waals surface area (Å²) in [6.07, 6.45) is 0. The fourth-order valence-corrected chi connectivity index (χ4v) is 2.73. The highest BCUT2D eigenvalue weighted by Gasteiger charge is 2.37. The molecule has 0 radical (unpaired) electrons. The topological polar surface area (TPSA) is 41.9 Å². The molecule has 0 saturated carbocycles. The summed E-state index contributed by atoms with van der Waals surface area (Å²) in [6.45, 7) is 0.489. The number of methoxy groups -OCH3 is 1. The summed E-state index contributed by atoms with van der Waals surface area (Å²) >= 11 is 4.68. The molecule has 0 bridgehead atoms. The SMILES string of the molecule is COc1ccc2c(c1)N(Cc1ccccc1)C(=O)C2N=C=S. The Hall–Kier alpha value is -2.49. The molecular formula is C17H14N2O2S. The summed E-state index contributed by atoms with van der Waals surface area (Å²) in [5, 5.41) is 2.32. The van der Waals surface area contributed by atoms with Gasteiger partial charge in [-0.25, -0.2) is 4.99 Å². The molecule has 1 amide bonds. The van der Waals surface area contributed by atoms with E-state index in [0.29, 0.717) is 12.3 Å². The zero-order valence-corrected chi connectivity index (χ0v) is 12.8. The predicted octanol–water partition coefficient (Wildman–Crippen LogP) is 3.39. The number of benzene rings is 2. The van der Waals surface area contributed by atoms with Gasteiger partial charge >= 0.3 is 0 Å². The van der Waals surface area contributed by atoms with Gasteiger partial charge in [0.1, 0.15) is 5.75 Å². The maximum Gasteiger partial charge on any atom is 0.257 e. The second-order valence-electron chi connectivity index (χ2n) is 4.96. The summed E-state index contributed by atoms with van der Waals surface area (Å²) < 4.78 is 5.26. The maximum absolute atomic E-state index is 12.7. The van der Waals surface area contributed by atoms with Gasteiger partial charge in [-0.05, 0) is 23.8 Å². The molecule has 0 N–H and O–H groups in total. The number of amides is 1. The molecule has 1 heterocycles. The summed E-state index contributed by atoms with van der Waals surface area (Å²) in [5.41, 5.74) is 2.70. The molecule has 110 valence electrons. The standard InChI is InChI=1S/C17H14N2O2S/c1-21-13-7-8-14-15(9-13)19(17(20)16(14)18-11-22)10-12-5-3-2-4-6-12/h2-9,16H,10H2,1H3. The second kappa shape index (κ2) is 6.10. The van der Waals surface area contributed by atoms with Gasteiger partial charge in [-0.15, -0.1) is 0 Å². The lowest BCUT2D eigenvalue weighted by atomic mass is 10.1. The highest BCUT2D eigenvalue weighted by molar-refractivity contribution is 7.78. The molecule has 1 aliphatic heterocycles. The van der Waals surface area contributed by atoms with Crippen molar-refractivity contribution in [2.24, 2.45) is 4.99 Å². The van der Waals surface area contributed by atoms with Crippen molar-refractivity contribution in [3.8, 4) is 5.75 Å². The van der Waals surface area contributed by atoms with E-state index in [9.17, 15) is 4.79 Å². The van der Waals surface area contributed by atoms with Crippen LogP contribution < -0.4 is 9.64 Å². The van der Waals surface area contributed by atoms with Crippen LogP contribution in [0.15, 0.2) is 53.5 Å². The van der Waals surface area contributed by atoms with E-state index in [1.54, 1.807) is 12.0 Å². The van der Waals surface area contributed by atoms with Crippen molar-refractivity contribution in [3.05, 3.63) is 59.7 Å². The molecule has 0 aromatic heterocycles. The number of rotatable bonds is 4. The molecule has 0 aliphatic carbocycles. The molecular weight excluding hydrogens is 296 g/mol. The number of hydrogen-bond donors (Lipinski definition) is 0. The van der Waals surface area contributed by atoms with Gasteiger partial charge in [-0.1, -0.05) is 36.4 Å². The summed E-state index contributed by atoms with van der Waals surface area (Å²) in [5.74, 6) is 0.612. The summed E-state index contributed by atoms with van der Waals surface area (Å²) in [6, 6.07) is 14.8. The highest BCUT2D eigenvalue weighted by Crippen LogP contribution is 2.40. The molecule has 1 atom stereocenters. The normalized spacial score (nSPS) is 16.1. The number of nitrogens with zero attached hydrogens (tertiary/aromatic N) is 2. The fourth-order valence-electron chi connectivity index (χ4n) is 2.62. The van der Waals surface area contributed by atoms with Gasteiger partial charge in [0.05, 0.1) is 24.5 Å². The molecule has 5 heteroatoms. The third-order valence-electron chi connectivity index (χ3n) is 3.69. The Bertz CT molecular complexity index is 755. The molecule has 3 rings (SSSR count). The summed E-state index contributed by atoms with van der Waals surface area (Å²) in [4.78, 5) is 18.4. The van der Waals surface area contributed by atoms with Gasteiger partial charge in [0.2, 0.25) is 0 Å². The van der Waals surface area contributed by atoms with Crippen LogP contribution in [0, 0.1) is 0 Å². The van der Waals surface area contributed by atoms with Gasteiger partial charge in [0.25, 0.3) is 5.91 Å². The first-order valence-electron chi connectivity index (χ1n) is 6.85. The molecule has 0 fully saturated rings.